The molecule has 0 aromatic heterocycles. The summed E-state index contributed by atoms with van der Waals surface area (Å²) in [6.45, 7) is 3.55. The van der Waals surface area contributed by atoms with Crippen LogP contribution in [0.3, 0.4) is 0 Å². The highest BCUT2D eigenvalue weighted by Gasteiger charge is 2.32. The number of anilines is 1. The van der Waals surface area contributed by atoms with Crippen LogP contribution in [0.5, 0.6) is 0 Å². The van der Waals surface area contributed by atoms with Gasteiger partial charge in [0, 0.05) is 25.3 Å². The normalized spacial score (nSPS) is 18.7. The van der Waals surface area contributed by atoms with E-state index in [1.165, 1.54) is 5.56 Å². The average Bonchev–Trinajstić information content (AvgIpc) is 2.90. The molecule has 7 heteroatoms. The fourth-order valence-corrected chi connectivity index (χ4v) is 6.66. The third kappa shape index (κ3) is 4.70. The summed E-state index contributed by atoms with van der Waals surface area (Å²) in [7, 11) is -3.59. The molecule has 2 heterocycles. The van der Waals surface area contributed by atoms with Crippen LogP contribution >= 0.6 is 0 Å². The smallest absolute Gasteiger partial charge is 0.313 e. The summed E-state index contributed by atoms with van der Waals surface area (Å²) in [5.74, 6) is 0. The van der Waals surface area contributed by atoms with Gasteiger partial charge in [-0.25, -0.2) is 13.2 Å². The highest BCUT2D eigenvalue weighted by molar-refractivity contribution is 7.89. The van der Waals surface area contributed by atoms with Crippen molar-refractivity contribution in [2.24, 2.45) is 0 Å². The van der Waals surface area contributed by atoms with Crippen molar-refractivity contribution in [1.29, 1.82) is 0 Å². The molecule has 0 bridgehead atoms. The van der Waals surface area contributed by atoms with Gasteiger partial charge in [0.2, 0.25) is 10.0 Å². The summed E-state index contributed by atoms with van der Waals surface area (Å²) in [5, 5.41) is 3.03. The van der Waals surface area contributed by atoms with E-state index in [0.29, 0.717) is 25.3 Å². The van der Waals surface area contributed by atoms with Crippen molar-refractivity contribution in [2.75, 3.05) is 25.0 Å². The zero-order valence-corrected chi connectivity index (χ0v) is 20.8. The molecule has 182 valence electrons. The number of hydrogen-bond acceptors (Lipinski definition) is 3. The Morgan fingerprint density at radius 3 is 2.37 bits per heavy atom. The lowest BCUT2D eigenvalue weighted by atomic mass is 9.88. The van der Waals surface area contributed by atoms with Gasteiger partial charge in [0.05, 0.1) is 10.9 Å². The zero-order chi connectivity index (χ0) is 24.4. The maximum absolute atomic E-state index is 13.6. The van der Waals surface area contributed by atoms with Gasteiger partial charge in [0.25, 0.3) is 0 Å². The van der Waals surface area contributed by atoms with Gasteiger partial charge in [0.15, 0.2) is 0 Å². The van der Waals surface area contributed by atoms with Crippen molar-refractivity contribution in [3.8, 4) is 0 Å². The first kappa shape index (κ1) is 23.6. The fraction of sp³-hybridized carbons (Fsp3) is 0.321. The van der Waals surface area contributed by atoms with Crippen LogP contribution in [-0.4, -0.2) is 43.3 Å². The monoisotopic (exact) mass is 489 g/mol. The number of nitrogens with one attached hydrogen (secondary N) is 1. The first-order valence-electron chi connectivity index (χ1n) is 12.3. The lowest BCUT2D eigenvalue weighted by Gasteiger charge is -2.37. The summed E-state index contributed by atoms with van der Waals surface area (Å²) in [5.41, 5.74) is 4.77. The van der Waals surface area contributed by atoms with Crippen LogP contribution in [0.2, 0.25) is 0 Å². The van der Waals surface area contributed by atoms with Crippen LogP contribution < -0.4 is 5.32 Å². The Labute approximate surface area is 207 Å². The van der Waals surface area contributed by atoms with Gasteiger partial charge in [-0.3, -0.25) is 0 Å². The first-order valence-corrected chi connectivity index (χ1v) is 13.7. The van der Waals surface area contributed by atoms with Gasteiger partial charge in [0.1, 0.15) is 0 Å². The number of urea groups is 1. The van der Waals surface area contributed by atoms with Crippen LogP contribution in [0, 0.1) is 6.92 Å². The Morgan fingerprint density at radius 2 is 1.60 bits per heavy atom. The van der Waals surface area contributed by atoms with Crippen LogP contribution in [0.15, 0.2) is 77.7 Å². The Kier molecular flexibility index (Phi) is 6.62. The van der Waals surface area contributed by atoms with Crippen molar-refractivity contribution in [3.63, 3.8) is 0 Å². The Morgan fingerprint density at radius 1 is 0.886 bits per heavy atom. The minimum Gasteiger partial charge on any atom is -0.313 e. The van der Waals surface area contributed by atoms with Crippen molar-refractivity contribution in [3.05, 3.63) is 95.1 Å². The standard InChI is InChI=1S/C28H31N3O3S/c1-21-14-15-24(35(33,34)30-17-8-3-9-18-30)20-26(21)29-28(32)31-19-16-22-10-6-7-13-25(22)27(31)23-11-4-2-5-12-23/h2,4-7,10-15,20,27H,3,8-9,16-19H2,1H3,(H,29,32). The molecule has 1 unspecified atom stereocenters. The zero-order valence-electron chi connectivity index (χ0n) is 20.0. The summed E-state index contributed by atoms with van der Waals surface area (Å²) in [6, 6.07) is 22.9. The lowest BCUT2D eigenvalue weighted by Crippen LogP contribution is -2.43. The molecule has 1 atom stereocenters. The Bertz CT molecular complexity index is 1320. The summed E-state index contributed by atoms with van der Waals surface area (Å²) in [6.07, 6.45) is 3.59. The second-order valence-electron chi connectivity index (χ2n) is 9.33. The molecule has 2 amide bonds. The second kappa shape index (κ2) is 9.84. The maximum Gasteiger partial charge on any atom is 0.322 e. The van der Waals surface area contributed by atoms with Crippen LogP contribution in [0.4, 0.5) is 10.5 Å². The summed E-state index contributed by atoms with van der Waals surface area (Å²) < 4.78 is 28.0. The molecular formula is C28H31N3O3S. The molecule has 3 aromatic carbocycles. The van der Waals surface area contributed by atoms with E-state index in [0.717, 1.165) is 42.4 Å². The molecule has 1 saturated heterocycles. The number of fused-ring (bicyclic) bond motifs is 1. The fourth-order valence-electron chi connectivity index (χ4n) is 5.12. The minimum atomic E-state index is -3.59. The minimum absolute atomic E-state index is 0.207. The molecule has 5 rings (SSSR count). The second-order valence-corrected chi connectivity index (χ2v) is 11.3. The number of nitrogens with zero attached hydrogens (tertiary/aromatic N) is 2. The molecule has 6 nitrogen and oxygen atoms in total. The molecule has 1 N–H and O–H groups in total. The summed E-state index contributed by atoms with van der Waals surface area (Å²) in [4.78, 5) is 15.7. The first-order chi connectivity index (χ1) is 16.9. The number of benzene rings is 3. The summed E-state index contributed by atoms with van der Waals surface area (Å²) >= 11 is 0. The van der Waals surface area contributed by atoms with Gasteiger partial charge >= 0.3 is 6.03 Å². The number of piperidine rings is 1. The van der Waals surface area contributed by atoms with E-state index in [-0.39, 0.29) is 17.0 Å². The van der Waals surface area contributed by atoms with Gasteiger partial charge in [-0.05, 0) is 60.6 Å². The predicted molar refractivity (Wildman–Crippen MR) is 138 cm³/mol. The number of amides is 2. The van der Waals surface area contributed by atoms with E-state index in [2.05, 4.69) is 17.4 Å². The number of carbonyl (C=O) groups is 1. The van der Waals surface area contributed by atoms with E-state index < -0.39 is 10.0 Å². The molecule has 0 saturated carbocycles. The maximum atomic E-state index is 13.6. The topological polar surface area (TPSA) is 69.7 Å². The van der Waals surface area contributed by atoms with Gasteiger partial charge in [-0.2, -0.15) is 4.31 Å². The molecule has 3 aromatic rings. The van der Waals surface area contributed by atoms with Crippen molar-refractivity contribution in [2.45, 2.75) is 43.5 Å². The van der Waals surface area contributed by atoms with Crippen molar-refractivity contribution < 1.29 is 13.2 Å². The SMILES string of the molecule is Cc1ccc(S(=O)(=O)N2CCCCC2)cc1NC(=O)N1CCc2ccccc2C1c1ccccc1. The Hall–Kier alpha value is -3.16. The van der Waals surface area contributed by atoms with E-state index in [9.17, 15) is 13.2 Å². The van der Waals surface area contributed by atoms with Crippen LogP contribution in [0.1, 0.15) is 47.6 Å². The molecule has 2 aliphatic rings. The van der Waals surface area contributed by atoms with E-state index in [1.54, 1.807) is 22.5 Å². The average molecular weight is 490 g/mol. The highest BCUT2D eigenvalue weighted by Crippen LogP contribution is 2.36. The molecule has 35 heavy (non-hydrogen) atoms. The van der Waals surface area contributed by atoms with E-state index in [1.807, 2.05) is 54.3 Å². The number of rotatable bonds is 4. The third-order valence-electron chi connectivity index (χ3n) is 7.06. The Balaban J connectivity index is 1.44. The molecule has 1 fully saturated rings. The van der Waals surface area contributed by atoms with Crippen LogP contribution in [0.25, 0.3) is 0 Å². The lowest BCUT2D eigenvalue weighted by molar-refractivity contribution is 0.194. The predicted octanol–water partition coefficient (Wildman–Crippen LogP) is 5.35. The van der Waals surface area contributed by atoms with Gasteiger partial charge in [-0.1, -0.05) is 67.1 Å². The number of aryl methyl sites for hydroxylation is 1. The van der Waals surface area contributed by atoms with Crippen molar-refractivity contribution in [1.82, 2.24) is 9.21 Å². The molecule has 0 radical (unpaired) electrons. The van der Waals surface area contributed by atoms with Gasteiger partial charge in [-0.15, -0.1) is 0 Å². The van der Waals surface area contributed by atoms with E-state index >= 15 is 0 Å². The number of hydrogen-bond donors (Lipinski definition) is 1. The quantitative estimate of drug-likeness (QED) is 0.537. The third-order valence-corrected chi connectivity index (χ3v) is 8.96. The number of sulfonamides is 1. The molecule has 0 aliphatic carbocycles. The molecule has 2 aliphatic heterocycles. The number of carbonyl (C=O) groups excluding carboxylic acids is 1. The van der Waals surface area contributed by atoms with Gasteiger partial charge < -0.3 is 10.2 Å². The van der Waals surface area contributed by atoms with E-state index in [4.69, 9.17) is 0 Å². The van der Waals surface area contributed by atoms with Crippen LogP contribution in [-0.2, 0) is 16.4 Å². The molecule has 0 spiro atoms. The van der Waals surface area contributed by atoms with Crippen molar-refractivity contribution >= 4 is 21.7 Å². The largest absolute Gasteiger partial charge is 0.322 e. The molecular weight excluding hydrogens is 458 g/mol. The highest BCUT2D eigenvalue weighted by atomic mass is 32.2.